The minimum atomic E-state index is -0.903. The standard InChI is InChI=1S/C15H15NO4/c1-20-13-6-2-10(3-7-13)14(17)8-11-4-5-12(16-11)9-15(18)19/h2-7,16H,8-9H2,1H3,(H,18,19). The van der Waals surface area contributed by atoms with Crippen LogP contribution < -0.4 is 4.74 Å². The molecule has 1 heterocycles. The Kier molecular flexibility index (Phi) is 4.20. The van der Waals surface area contributed by atoms with Crippen molar-refractivity contribution in [2.75, 3.05) is 7.11 Å². The maximum atomic E-state index is 12.1. The second kappa shape index (κ2) is 6.06. The van der Waals surface area contributed by atoms with Crippen LogP contribution in [0.4, 0.5) is 0 Å². The molecule has 0 aliphatic heterocycles. The van der Waals surface area contributed by atoms with E-state index >= 15 is 0 Å². The van der Waals surface area contributed by atoms with Gasteiger partial charge in [-0.2, -0.15) is 0 Å². The summed E-state index contributed by atoms with van der Waals surface area (Å²) in [6.07, 6.45) is 0.142. The van der Waals surface area contributed by atoms with Crippen LogP contribution >= 0.6 is 0 Å². The van der Waals surface area contributed by atoms with E-state index in [0.29, 0.717) is 22.7 Å². The average molecular weight is 273 g/mol. The number of nitrogens with one attached hydrogen (secondary N) is 1. The lowest BCUT2D eigenvalue weighted by Crippen LogP contribution is -2.05. The quantitative estimate of drug-likeness (QED) is 0.790. The number of carboxylic acid groups (broad SMARTS) is 1. The molecular formula is C15H15NO4. The minimum Gasteiger partial charge on any atom is -0.497 e. The summed E-state index contributed by atoms with van der Waals surface area (Å²) in [5.74, 6) is -0.235. The van der Waals surface area contributed by atoms with Crippen molar-refractivity contribution in [3.8, 4) is 5.75 Å². The third-order valence-corrected chi connectivity index (χ3v) is 2.91. The zero-order chi connectivity index (χ0) is 14.5. The monoisotopic (exact) mass is 273 g/mol. The molecule has 0 unspecified atom stereocenters. The van der Waals surface area contributed by atoms with E-state index in [1.54, 1.807) is 43.5 Å². The van der Waals surface area contributed by atoms with Crippen LogP contribution in [0.2, 0.25) is 0 Å². The van der Waals surface area contributed by atoms with E-state index in [1.807, 2.05) is 0 Å². The van der Waals surface area contributed by atoms with Crippen LogP contribution in [-0.4, -0.2) is 29.0 Å². The first-order chi connectivity index (χ1) is 9.58. The normalized spacial score (nSPS) is 10.2. The molecule has 0 aliphatic rings. The van der Waals surface area contributed by atoms with Gasteiger partial charge in [-0.15, -0.1) is 0 Å². The Morgan fingerprint density at radius 3 is 2.20 bits per heavy atom. The lowest BCUT2D eigenvalue weighted by molar-refractivity contribution is -0.136. The van der Waals surface area contributed by atoms with Gasteiger partial charge in [0, 0.05) is 17.0 Å². The molecule has 2 rings (SSSR count). The Morgan fingerprint density at radius 1 is 1.05 bits per heavy atom. The van der Waals surface area contributed by atoms with Gasteiger partial charge in [0.05, 0.1) is 20.0 Å². The summed E-state index contributed by atoms with van der Waals surface area (Å²) in [6.45, 7) is 0. The number of hydrogen-bond acceptors (Lipinski definition) is 3. The number of rotatable bonds is 6. The number of carbonyl (C=O) groups excluding carboxylic acids is 1. The van der Waals surface area contributed by atoms with Crippen LogP contribution in [0.1, 0.15) is 21.7 Å². The molecule has 2 N–H and O–H groups in total. The molecule has 0 saturated heterocycles. The molecule has 0 saturated carbocycles. The number of ketones is 1. The summed E-state index contributed by atoms with van der Waals surface area (Å²) in [6, 6.07) is 10.3. The average Bonchev–Trinajstić information content (AvgIpc) is 2.85. The fraction of sp³-hybridized carbons (Fsp3) is 0.200. The molecule has 104 valence electrons. The SMILES string of the molecule is COc1ccc(C(=O)Cc2ccc(CC(=O)O)[nH]2)cc1. The summed E-state index contributed by atoms with van der Waals surface area (Å²) in [5.41, 5.74) is 1.90. The number of ether oxygens (including phenoxy) is 1. The predicted octanol–water partition coefficient (Wildman–Crippen LogP) is 2.08. The van der Waals surface area contributed by atoms with Gasteiger partial charge in [0.15, 0.2) is 5.78 Å². The van der Waals surface area contributed by atoms with Gasteiger partial charge in [0.1, 0.15) is 5.75 Å². The molecule has 2 aromatic rings. The zero-order valence-corrected chi connectivity index (χ0v) is 11.1. The molecule has 0 radical (unpaired) electrons. The largest absolute Gasteiger partial charge is 0.497 e. The van der Waals surface area contributed by atoms with Gasteiger partial charge in [-0.05, 0) is 36.4 Å². The van der Waals surface area contributed by atoms with Gasteiger partial charge >= 0.3 is 5.97 Å². The topological polar surface area (TPSA) is 79.4 Å². The van der Waals surface area contributed by atoms with Crippen molar-refractivity contribution in [2.45, 2.75) is 12.8 Å². The molecule has 0 aliphatic carbocycles. The van der Waals surface area contributed by atoms with E-state index in [0.717, 1.165) is 0 Å². The number of methoxy groups -OCH3 is 1. The summed E-state index contributed by atoms with van der Waals surface area (Å²) < 4.78 is 5.03. The van der Waals surface area contributed by atoms with Crippen molar-refractivity contribution in [1.29, 1.82) is 0 Å². The van der Waals surface area contributed by atoms with Gasteiger partial charge in [-0.1, -0.05) is 0 Å². The number of aliphatic carboxylic acids is 1. The van der Waals surface area contributed by atoms with E-state index < -0.39 is 5.97 Å². The van der Waals surface area contributed by atoms with Crippen molar-refractivity contribution in [1.82, 2.24) is 4.98 Å². The maximum Gasteiger partial charge on any atom is 0.309 e. The lowest BCUT2D eigenvalue weighted by Gasteiger charge is -2.02. The predicted molar refractivity (Wildman–Crippen MR) is 73.2 cm³/mol. The highest BCUT2D eigenvalue weighted by atomic mass is 16.5. The number of aromatic nitrogens is 1. The van der Waals surface area contributed by atoms with Crippen LogP contribution in [0.3, 0.4) is 0 Å². The first kappa shape index (κ1) is 13.9. The number of carbonyl (C=O) groups is 2. The van der Waals surface area contributed by atoms with Gasteiger partial charge in [0.2, 0.25) is 0 Å². The maximum absolute atomic E-state index is 12.1. The second-order valence-corrected chi connectivity index (χ2v) is 4.41. The molecule has 0 fully saturated rings. The van der Waals surface area contributed by atoms with Gasteiger partial charge in [-0.25, -0.2) is 0 Å². The first-order valence-corrected chi connectivity index (χ1v) is 6.14. The second-order valence-electron chi connectivity index (χ2n) is 4.41. The number of Topliss-reactive ketones (excluding diaryl/α,β-unsaturated/α-hetero) is 1. The number of benzene rings is 1. The van der Waals surface area contributed by atoms with Gasteiger partial charge < -0.3 is 14.8 Å². The summed E-state index contributed by atoms with van der Waals surface area (Å²) in [4.78, 5) is 25.6. The van der Waals surface area contributed by atoms with Gasteiger partial charge in [0.25, 0.3) is 0 Å². The van der Waals surface area contributed by atoms with Crippen molar-refractivity contribution < 1.29 is 19.4 Å². The number of aromatic amines is 1. The Hall–Kier alpha value is -2.56. The molecule has 5 heteroatoms. The van der Waals surface area contributed by atoms with Crippen LogP contribution in [0, 0.1) is 0 Å². The summed E-state index contributed by atoms with van der Waals surface area (Å²) in [5, 5.41) is 8.69. The fourth-order valence-corrected chi connectivity index (χ4v) is 1.91. The molecule has 1 aromatic heterocycles. The Morgan fingerprint density at radius 2 is 1.65 bits per heavy atom. The van der Waals surface area contributed by atoms with E-state index in [-0.39, 0.29) is 18.6 Å². The molecule has 0 amide bonds. The van der Waals surface area contributed by atoms with E-state index in [2.05, 4.69) is 4.98 Å². The van der Waals surface area contributed by atoms with Crippen molar-refractivity contribution in [2.24, 2.45) is 0 Å². The highest BCUT2D eigenvalue weighted by Crippen LogP contribution is 2.13. The van der Waals surface area contributed by atoms with Crippen LogP contribution in [0.5, 0.6) is 5.75 Å². The molecular weight excluding hydrogens is 258 g/mol. The van der Waals surface area contributed by atoms with E-state index in [1.165, 1.54) is 0 Å². The van der Waals surface area contributed by atoms with Crippen LogP contribution in [0.15, 0.2) is 36.4 Å². The lowest BCUT2D eigenvalue weighted by atomic mass is 10.1. The molecule has 20 heavy (non-hydrogen) atoms. The van der Waals surface area contributed by atoms with Crippen molar-refractivity contribution in [3.63, 3.8) is 0 Å². The zero-order valence-electron chi connectivity index (χ0n) is 11.1. The Labute approximate surface area is 116 Å². The number of H-pyrrole nitrogens is 1. The Bertz CT molecular complexity index is 613. The van der Waals surface area contributed by atoms with Crippen LogP contribution in [-0.2, 0) is 17.6 Å². The highest BCUT2D eigenvalue weighted by molar-refractivity contribution is 5.97. The fourth-order valence-electron chi connectivity index (χ4n) is 1.91. The first-order valence-electron chi connectivity index (χ1n) is 6.14. The number of hydrogen-bond donors (Lipinski definition) is 2. The van der Waals surface area contributed by atoms with E-state index in [9.17, 15) is 9.59 Å². The number of carboxylic acids is 1. The minimum absolute atomic E-state index is 0.0311. The molecule has 5 nitrogen and oxygen atoms in total. The summed E-state index contributed by atoms with van der Waals surface area (Å²) in [7, 11) is 1.57. The molecule has 0 spiro atoms. The molecule has 0 atom stereocenters. The Balaban J connectivity index is 2.03. The van der Waals surface area contributed by atoms with Crippen LogP contribution in [0.25, 0.3) is 0 Å². The van der Waals surface area contributed by atoms with E-state index in [4.69, 9.17) is 9.84 Å². The smallest absolute Gasteiger partial charge is 0.309 e. The highest BCUT2D eigenvalue weighted by Gasteiger charge is 2.10. The van der Waals surface area contributed by atoms with Crippen molar-refractivity contribution in [3.05, 3.63) is 53.3 Å². The third kappa shape index (κ3) is 3.47. The van der Waals surface area contributed by atoms with Crippen molar-refractivity contribution >= 4 is 11.8 Å². The summed E-state index contributed by atoms with van der Waals surface area (Å²) >= 11 is 0. The third-order valence-electron chi connectivity index (χ3n) is 2.91. The molecule has 0 bridgehead atoms. The molecule has 1 aromatic carbocycles. The van der Waals surface area contributed by atoms with Gasteiger partial charge in [-0.3, -0.25) is 9.59 Å².